The molecule has 0 aromatic heterocycles. The highest BCUT2D eigenvalue weighted by molar-refractivity contribution is 5.90. The number of hydrazine groups is 1. The Hall–Kier alpha value is -1.69. The zero-order chi connectivity index (χ0) is 11.4. The van der Waals surface area contributed by atoms with E-state index in [2.05, 4.69) is 4.74 Å². The second-order valence-corrected chi connectivity index (χ2v) is 2.76. The number of nitrogens with two attached hydrogens (primary N) is 1. The lowest BCUT2D eigenvalue weighted by Crippen LogP contribution is -2.35. The van der Waals surface area contributed by atoms with E-state index in [1.54, 1.807) is 0 Å². The smallest absolute Gasteiger partial charge is 0.387 e. The number of anilines is 1. The highest BCUT2D eigenvalue weighted by atomic mass is 19.3. The molecule has 82 valence electrons. The Bertz CT molecular complexity index is 340. The third-order valence-corrected chi connectivity index (χ3v) is 1.68. The number of nitrogens with zero attached hydrogens (tertiary/aromatic N) is 1. The van der Waals surface area contributed by atoms with Crippen LogP contribution in [-0.2, 0) is 4.79 Å². The fourth-order valence-electron chi connectivity index (χ4n) is 0.970. The van der Waals surface area contributed by atoms with Gasteiger partial charge in [0, 0.05) is 6.92 Å². The summed E-state index contributed by atoms with van der Waals surface area (Å²) in [5.74, 6) is 5.05. The van der Waals surface area contributed by atoms with Gasteiger partial charge >= 0.3 is 6.61 Å². The molecule has 0 aliphatic heterocycles. The Morgan fingerprint density at radius 1 is 1.40 bits per heavy atom. The second-order valence-electron chi connectivity index (χ2n) is 2.76. The van der Waals surface area contributed by atoms with Crippen LogP contribution in [0.3, 0.4) is 0 Å². The van der Waals surface area contributed by atoms with Crippen molar-refractivity contribution in [3.8, 4) is 5.75 Å². The standard InChI is InChI=1S/C9H10F2N2O2/c1-6(14)13(12)7-2-4-8(5-3-7)15-9(10)11/h2-5,9H,12H2,1H3. The van der Waals surface area contributed by atoms with Gasteiger partial charge in [0.15, 0.2) is 0 Å². The lowest BCUT2D eigenvalue weighted by atomic mass is 10.3. The average molecular weight is 216 g/mol. The summed E-state index contributed by atoms with van der Waals surface area (Å²) >= 11 is 0. The summed E-state index contributed by atoms with van der Waals surface area (Å²) in [7, 11) is 0. The normalized spacial score (nSPS) is 10.2. The largest absolute Gasteiger partial charge is 0.435 e. The molecule has 1 aromatic carbocycles. The first-order valence-corrected chi connectivity index (χ1v) is 4.11. The van der Waals surface area contributed by atoms with Crippen molar-refractivity contribution >= 4 is 11.6 Å². The Labute approximate surface area is 85.2 Å². The number of ether oxygens (including phenoxy) is 1. The molecule has 0 bridgehead atoms. The van der Waals surface area contributed by atoms with Gasteiger partial charge in [0.25, 0.3) is 0 Å². The molecule has 0 radical (unpaired) electrons. The van der Waals surface area contributed by atoms with Gasteiger partial charge in [-0.05, 0) is 24.3 Å². The van der Waals surface area contributed by atoms with Gasteiger partial charge in [-0.1, -0.05) is 0 Å². The summed E-state index contributed by atoms with van der Waals surface area (Å²) < 4.78 is 27.7. The van der Waals surface area contributed by atoms with Gasteiger partial charge in [0.2, 0.25) is 5.91 Å². The maximum atomic E-state index is 11.8. The van der Waals surface area contributed by atoms with Gasteiger partial charge in [-0.25, -0.2) is 10.9 Å². The second kappa shape index (κ2) is 4.70. The Balaban J connectivity index is 2.76. The number of halogens is 2. The fourth-order valence-corrected chi connectivity index (χ4v) is 0.970. The SMILES string of the molecule is CC(=O)N(N)c1ccc(OC(F)F)cc1. The molecule has 0 spiro atoms. The van der Waals surface area contributed by atoms with Crippen LogP contribution in [0.15, 0.2) is 24.3 Å². The first kappa shape index (κ1) is 11.4. The summed E-state index contributed by atoms with van der Waals surface area (Å²) in [5.41, 5.74) is 0.407. The van der Waals surface area contributed by atoms with E-state index in [1.807, 2.05) is 0 Å². The maximum Gasteiger partial charge on any atom is 0.387 e. The van der Waals surface area contributed by atoms with Crippen LogP contribution < -0.4 is 15.6 Å². The number of carbonyl (C=O) groups excluding carboxylic acids is 1. The van der Waals surface area contributed by atoms with E-state index in [9.17, 15) is 13.6 Å². The van der Waals surface area contributed by atoms with E-state index in [-0.39, 0.29) is 11.7 Å². The minimum Gasteiger partial charge on any atom is -0.435 e. The molecular weight excluding hydrogens is 206 g/mol. The van der Waals surface area contributed by atoms with E-state index in [0.717, 1.165) is 5.01 Å². The van der Waals surface area contributed by atoms with Crippen molar-refractivity contribution < 1.29 is 18.3 Å². The van der Waals surface area contributed by atoms with E-state index in [0.29, 0.717) is 5.69 Å². The van der Waals surface area contributed by atoms with Gasteiger partial charge in [-0.3, -0.25) is 4.79 Å². The molecular formula is C9H10F2N2O2. The quantitative estimate of drug-likeness (QED) is 0.473. The number of carbonyl (C=O) groups is 1. The molecule has 1 aromatic rings. The zero-order valence-corrected chi connectivity index (χ0v) is 7.98. The van der Waals surface area contributed by atoms with Crippen molar-refractivity contribution in [1.29, 1.82) is 0 Å². The lowest BCUT2D eigenvalue weighted by Gasteiger charge is -2.14. The molecule has 0 saturated heterocycles. The molecule has 0 heterocycles. The van der Waals surface area contributed by atoms with E-state index >= 15 is 0 Å². The van der Waals surface area contributed by atoms with Crippen LogP contribution in [0.4, 0.5) is 14.5 Å². The Kier molecular flexibility index (Phi) is 3.56. The number of hydrogen-bond acceptors (Lipinski definition) is 3. The van der Waals surface area contributed by atoms with E-state index in [1.165, 1.54) is 31.2 Å². The monoisotopic (exact) mass is 216 g/mol. The maximum absolute atomic E-state index is 11.8. The van der Waals surface area contributed by atoms with Crippen LogP contribution in [0.25, 0.3) is 0 Å². The van der Waals surface area contributed by atoms with Crippen molar-refractivity contribution in [3.63, 3.8) is 0 Å². The summed E-state index contributed by atoms with van der Waals surface area (Å²) in [4.78, 5) is 10.9. The zero-order valence-electron chi connectivity index (χ0n) is 7.98. The molecule has 0 saturated carbocycles. The number of hydrogen-bond donors (Lipinski definition) is 1. The van der Waals surface area contributed by atoms with Gasteiger partial charge in [0.1, 0.15) is 5.75 Å². The first-order valence-electron chi connectivity index (χ1n) is 4.11. The fraction of sp³-hybridized carbons (Fsp3) is 0.222. The minimum atomic E-state index is -2.86. The molecule has 0 unspecified atom stereocenters. The summed E-state index contributed by atoms with van der Waals surface area (Å²) in [6.45, 7) is -1.57. The van der Waals surface area contributed by atoms with Gasteiger partial charge in [-0.2, -0.15) is 8.78 Å². The molecule has 0 atom stereocenters. The van der Waals surface area contributed by atoms with E-state index in [4.69, 9.17) is 5.84 Å². The summed E-state index contributed by atoms with van der Waals surface area (Å²) in [6, 6.07) is 5.45. The van der Waals surface area contributed by atoms with Crippen molar-refractivity contribution in [2.45, 2.75) is 13.5 Å². The molecule has 0 aliphatic carbocycles. The van der Waals surface area contributed by atoms with Crippen molar-refractivity contribution in [1.82, 2.24) is 0 Å². The molecule has 2 N–H and O–H groups in total. The molecule has 15 heavy (non-hydrogen) atoms. The highest BCUT2D eigenvalue weighted by Gasteiger charge is 2.07. The van der Waals surface area contributed by atoms with Crippen LogP contribution in [-0.4, -0.2) is 12.5 Å². The minimum absolute atomic E-state index is 0.0192. The predicted molar refractivity (Wildman–Crippen MR) is 50.4 cm³/mol. The molecule has 6 heteroatoms. The van der Waals surface area contributed by atoms with Crippen molar-refractivity contribution in [3.05, 3.63) is 24.3 Å². The van der Waals surface area contributed by atoms with Crippen LogP contribution >= 0.6 is 0 Å². The average Bonchev–Trinajstić information content (AvgIpc) is 2.17. The number of alkyl halides is 2. The topological polar surface area (TPSA) is 55.6 Å². The Morgan fingerprint density at radius 2 is 1.93 bits per heavy atom. The number of amides is 1. The summed E-state index contributed by atoms with van der Waals surface area (Å²) in [6.07, 6.45) is 0. The molecule has 1 rings (SSSR count). The third kappa shape index (κ3) is 3.17. The first-order chi connectivity index (χ1) is 7.00. The lowest BCUT2D eigenvalue weighted by molar-refractivity contribution is -0.116. The van der Waals surface area contributed by atoms with Crippen LogP contribution in [0.5, 0.6) is 5.75 Å². The highest BCUT2D eigenvalue weighted by Crippen LogP contribution is 2.19. The van der Waals surface area contributed by atoms with Crippen LogP contribution in [0.1, 0.15) is 6.92 Å². The van der Waals surface area contributed by atoms with Crippen LogP contribution in [0, 0.1) is 0 Å². The Morgan fingerprint density at radius 3 is 2.33 bits per heavy atom. The van der Waals surface area contributed by atoms with Crippen molar-refractivity contribution in [2.75, 3.05) is 5.01 Å². The van der Waals surface area contributed by atoms with Gasteiger partial charge < -0.3 is 4.74 Å². The summed E-state index contributed by atoms with van der Waals surface area (Å²) in [5, 5.41) is 0.909. The third-order valence-electron chi connectivity index (χ3n) is 1.68. The molecule has 1 amide bonds. The number of rotatable bonds is 3. The predicted octanol–water partition coefficient (Wildman–Crippen LogP) is 1.51. The molecule has 0 fully saturated rings. The van der Waals surface area contributed by atoms with Crippen LogP contribution in [0.2, 0.25) is 0 Å². The molecule has 0 aliphatic rings. The van der Waals surface area contributed by atoms with Crippen molar-refractivity contribution in [2.24, 2.45) is 5.84 Å². The van der Waals surface area contributed by atoms with Gasteiger partial charge in [-0.15, -0.1) is 0 Å². The van der Waals surface area contributed by atoms with Gasteiger partial charge in [0.05, 0.1) is 5.69 Å². The number of benzene rings is 1. The molecule has 4 nitrogen and oxygen atoms in total. The van der Waals surface area contributed by atoms with E-state index < -0.39 is 6.61 Å².